The van der Waals surface area contributed by atoms with E-state index in [1.165, 1.54) is 12.1 Å². The highest BCUT2D eigenvalue weighted by Gasteiger charge is 2.11. The van der Waals surface area contributed by atoms with E-state index in [2.05, 4.69) is 0 Å². The van der Waals surface area contributed by atoms with Gasteiger partial charge in [-0.05, 0) is 19.1 Å². The van der Waals surface area contributed by atoms with Gasteiger partial charge in [-0.15, -0.1) is 4.83 Å². The van der Waals surface area contributed by atoms with Crippen molar-refractivity contribution in [1.29, 1.82) is 0 Å². The molecule has 0 heterocycles. The van der Waals surface area contributed by atoms with Crippen LogP contribution in [0, 0.1) is 6.92 Å². The third kappa shape index (κ3) is 3.31. The first-order chi connectivity index (χ1) is 7.06. The highest BCUT2D eigenvalue weighted by Crippen LogP contribution is 2.08. The van der Waals surface area contributed by atoms with E-state index in [1.54, 1.807) is 12.1 Å². The zero-order valence-electron chi connectivity index (χ0n) is 8.02. The molecule has 82 valence electrons. The fourth-order valence-electron chi connectivity index (χ4n) is 0.902. The Bertz CT molecular complexity index is 427. The molecule has 1 aromatic rings. The normalized spacial score (nSPS) is 11.0. The first-order valence-electron chi connectivity index (χ1n) is 4.09. The van der Waals surface area contributed by atoms with Crippen LogP contribution in [0.15, 0.2) is 29.2 Å². The summed E-state index contributed by atoms with van der Waals surface area (Å²) in [7, 11) is -3.63. The van der Waals surface area contributed by atoms with Gasteiger partial charge in [-0.3, -0.25) is 10.2 Å². The minimum atomic E-state index is -3.63. The summed E-state index contributed by atoms with van der Waals surface area (Å²) < 4.78 is 23.0. The van der Waals surface area contributed by atoms with E-state index in [0.717, 1.165) is 5.56 Å². The number of hydrogen-bond donors (Lipinski definition) is 3. The van der Waals surface area contributed by atoms with Crippen molar-refractivity contribution in [2.75, 3.05) is 0 Å². The molecule has 1 amide bonds. The van der Waals surface area contributed by atoms with Crippen molar-refractivity contribution in [3.63, 3.8) is 0 Å². The summed E-state index contributed by atoms with van der Waals surface area (Å²) in [5.74, 6) is 0. The fourth-order valence-corrected chi connectivity index (χ4v) is 1.71. The standard InChI is InChI=1S/C8H11N3O3S/c1-7-2-4-8(5-3-7)15(13,14)11-10-9-6-12/h2-6,10-11H,1H3,(H,9,12). The van der Waals surface area contributed by atoms with Crippen molar-refractivity contribution in [3.05, 3.63) is 29.8 Å². The van der Waals surface area contributed by atoms with Crippen molar-refractivity contribution in [1.82, 2.24) is 15.8 Å². The molecule has 0 atom stereocenters. The Morgan fingerprint density at radius 2 is 1.80 bits per heavy atom. The van der Waals surface area contributed by atoms with Gasteiger partial charge in [0.05, 0.1) is 4.90 Å². The summed E-state index contributed by atoms with van der Waals surface area (Å²) in [4.78, 5) is 12.0. The molecule has 0 fully saturated rings. The summed E-state index contributed by atoms with van der Waals surface area (Å²) >= 11 is 0. The number of nitrogens with one attached hydrogen (secondary N) is 3. The molecule has 0 bridgehead atoms. The average Bonchev–Trinajstić information content (AvgIpc) is 2.18. The maximum atomic E-state index is 11.5. The molecule has 0 radical (unpaired) electrons. The molecule has 0 spiro atoms. The summed E-state index contributed by atoms with van der Waals surface area (Å²) in [6.07, 6.45) is 0.317. The second-order valence-corrected chi connectivity index (χ2v) is 4.49. The SMILES string of the molecule is Cc1ccc(S(=O)(=O)NNNC=O)cc1. The minimum absolute atomic E-state index is 0.119. The van der Waals surface area contributed by atoms with Crippen LogP contribution in [0.4, 0.5) is 0 Å². The van der Waals surface area contributed by atoms with Gasteiger partial charge in [-0.1, -0.05) is 17.7 Å². The Morgan fingerprint density at radius 1 is 1.20 bits per heavy atom. The number of rotatable bonds is 5. The molecule has 15 heavy (non-hydrogen) atoms. The van der Waals surface area contributed by atoms with Crippen LogP contribution in [0.3, 0.4) is 0 Å². The number of amides is 1. The van der Waals surface area contributed by atoms with Crippen LogP contribution in [0.2, 0.25) is 0 Å². The van der Waals surface area contributed by atoms with Crippen molar-refractivity contribution in [3.8, 4) is 0 Å². The smallest absolute Gasteiger partial charge is 0.254 e. The topological polar surface area (TPSA) is 87.3 Å². The maximum Gasteiger partial charge on any atom is 0.254 e. The largest absolute Gasteiger partial charge is 0.280 e. The van der Waals surface area contributed by atoms with Gasteiger partial charge in [0.15, 0.2) is 0 Å². The molecule has 0 saturated carbocycles. The number of hydrogen-bond acceptors (Lipinski definition) is 4. The summed E-state index contributed by atoms with van der Waals surface area (Å²) in [5, 5.41) is 0. The molecule has 1 aromatic carbocycles. The van der Waals surface area contributed by atoms with Crippen molar-refractivity contribution < 1.29 is 13.2 Å². The quantitative estimate of drug-likeness (QED) is 0.359. The second kappa shape index (κ2) is 4.87. The third-order valence-electron chi connectivity index (χ3n) is 1.65. The van der Waals surface area contributed by atoms with Crippen LogP contribution in [0.5, 0.6) is 0 Å². The fraction of sp³-hybridized carbons (Fsp3) is 0.125. The number of carbonyl (C=O) groups excluding carboxylic acids is 1. The number of benzene rings is 1. The number of carbonyl (C=O) groups is 1. The average molecular weight is 229 g/mol. The molecule has 3 N–H and O–H groups in total. The van der Waals surface area contributed by atoms with Crippen LogP contribution in [-0.2, 0) is 14.8 Å². The Labute approximate surface area is 87.7 Å². The predicted molar refractivity (Wildman–Crippen MR) is 53.8 cm³/mol. The predicted octanol–water partition coefficient (Wildman–Crippen LogP) is -0.561. The molecule has 0 aliphatic carbocycles. The zero-order chi connectivity index (χ0) is 11.3. The first kappa shape index (κ1) is 11.6. The van der Waals surface area contributed by atoms with Crippen LogP contribution in [0.25, 0.3) is 0 Å². The molecular weight excluding hydrogens is 218 g/mol. The third-order valence-corrected chi connectivity index (χ3v) is 2.91. The van der Waals surface area contributed by atoms with Gasteiger partial charge in [0.1, 0.15) is 0 Å². The molecule has 1 rings (SSSR count). The summed E-state index contributed by atoms with van der Waals surface area (Å²) in [5.41, 5.74) is 4.96. The summed E-state index contributed by atoms with van der Waals surface area (Å²) in [6.45, 7) is 1.86. The molecule has 0 aromatic heterocycles. The summed E-state index contributed by atoms with van der Waals surface area (Å²) in [6, 6.07) is 6.31. The van der Waals surface area contributed by atoms with E-state index in [4.69, 9.17) is 0 Å². The highest BCUT2D eigenvalue weighted by atomic mass is 32.2. The Kier molecular flexibility index (Phi) is 3.78. The first-order valence-corrected chi connectivity index (χ1v) is 5.57. The lowest BCUT2D eigenvalue weighted by molar-refractivity contribution is -0.110. The number of sulfonamides is 1. The van der Waals surface area contributed by atoms with Crippen LogP contribution in [-0.4, -0.2) is 14.8 Å². The van der Waals surface area contributed by atoms with E-state index in [1.807, 2.05) is 22.7 Å². The van der Waals surface area contributed by atoms with Crippen molar-refractivity contribution in [2.24, 2.45) is 0 Å². The molecule has 0 saturated heterocycles. The molecule has 0 aliphatic rings. The molecule has 0 aliphatic heterocycles. The van der Waals surface area contributed by atoms with E-state index in [0.29, 0.717) is 6.41 Å². The van der Waals surface area contributed by atoms with E-state index in [9.17, 15) is 13.2 Å². The Balaban J connectivity index is 2.77. The van der Waals surface area contributed by atoms with E-state index < -0.39 is 10.0 Å². The van der Waals surface area contributed by atoms with Crippen molar-refractivity contribution >= 4 is 16.4 Å². The molecule has 0 unspecified atom stereocenters. The van der Waals surface area contributed by atoms with Crippen molar-refractivity contribution in [2.45, 2.75) is 11.8 Å². The monoisotopic (exact) mass is 229 g/mol. The van der Waals surface area contributed by atoms with Crippen LogP contribution in [0.1, 0.15) is 5.56 Å². The van der Waals surface area contributed by atoms with Gasteiger partial charge < -0.3 is 0 Å². The van der Waals surface area contributed by atoms with Gasteiger partial charge in [-0.2, -0.15) is 5.53 Å². The highest BCUT2D eigenvalue weighted by molar-refractivity contribution is 7.89. The lowest BCUT2D eigenvalue weighted by Gasteiger charge is -2.06. The lowest BCUT2D eigenvalue weighted by atomic mass is 10.2. The van der Waals surface area contributed by atoms with Crippen LogP contribution < -0.4 is 15.8 Å². The van der Waals surface area contributed by atoms with E-state index >= 15 is 0 Å². The van der Waals surface area contributed by atoms with Crippen LogP contribution >= 0.6 is 0 Å². The van der Waals surface area contributed by atoms with Gasteiger partial charge in [0.25, 0.3) is 10.0 Å². The maximum absolute atomic E-state index is 11.5. The lowest BCUT2D eigenvalue weighted by Crippen LogP contribution is -2.45. The van der Waals surface area contributed by atoms with Gasteiger partial charge >= 0.3 is 0 Å². The Hall–Kier alpha value is -1.44. The second-order valence-electron chi connectivity index (χ2n) is 2.81. The van der Waals surface area contributed by atoms with E-state index in [-0.39, 0.29) is 4.90 Å². The Morgan fingerprint density at radius 3 is 2.33 bits per heavy atom. The molecule has 7 heteroatoms. The number of aryl methyl sites for hydroxylation is 1. The van der Waals surface area contributed by atoms with Gasteiger partial charge in [0.2, 0.25) is 6.41 Å². The molecular formula is C8H11N3O3S. The minimum Gasteiger partial charge on any atom is -0.280 e. The van der Waals surface area contributed by atoms with Gasteiger partial charge in [-0.25, -0.2) is 8.42 Å². The number of hydrazine groups is 2. The van der Waals surface area contributed by atoms with Gasteiger partial charge in [0, 0.05) is 0 Å². The molecule has 6 nitrogen and oxygen atoms in total. The zero-order valence-corrected chi connectivity index (χ0v) is 8.84.